The molecule has 2 aromatic rings. The quantitative estimate of drug-likeness (QED) is 0.782. The van der Waals surface area contributed by atoms with Crippen LogP contribution >= 0.6 is 22.6 Å². The van der Waals surface area contributed by atoms with E-state index in [4.69, 9.17) is 4.74 Å². The van der Waals surface area contributed by atoms with Gasteiger partial charge in [0.1, 0.15) is 5.75 Å². The zero-order valence-corrected chi connectivity index (χ0v) is 13.8. The summed E-state index contributed by atoms with van der Waals surface area (Å²) in [7, 11) is -1.96. The predicted octanol–water partition coefficient (Wildman–Crippen LogP) is 2.78. The number of rotatable bonds is 5. The summed E-state index contributed by atoms with van der Waals surface area (Å²) in [6.45, 7) is 0.270. The van der Waals surface area contributed by atoms with Gasteiger partial charge in [0.2, 0.25) is 10.0 Å². The fraction of sp³-hybridized carbons (Fsp3) is 0.143. The molecule has 0 spiro atoms. The first-order valence-electron chi connectivity index (χ1n) is 5.90. The van der Waals surface area contributed by atoms with E-state index < -0.39 is 10.0 Å². The molecule has 0 saturated heterocycles. The highest BCUT2D eigenvalue weighted by Gasteiger charge is 2.15. The van der Waals surface area contributed by atoms with Crippen molar-refractivity contribution in [1.82, 2.24) is 4.72 Å². The summed E-state index contributed by atoms with van der Waals surface area (Å²) in [6, 6.07) is 14.2. The SMILES string of the molecule is COc1ccc(S(=O)(=O)NCc2ccccc2)cc1I. The number of hydrogen-bond donors (Lipinski definition) is 1. The monoisotopic (exact) mass is 403 g/mol. The van der Waals surface area contributed by atoms with Crippen LogP contribution in [0, 0.1) is 3.57 Å². The maximum Gasteiger partial charge on any atom is 0.240 e. The third-order valence-corrected chi connectivity index (χ3v) is 4.98. The molecular formula is C14H14INO3S. The topological polar surface area (TPSA) is 55.4 Å². The Morgan fingerprint density at radius 2 is 1.85 bits per heavy atom. The van der Waals surface area contributed by atoms with Crippen LogP contribution in [0.4, 0.5) is 0 Å². The molecule has 0 aliphatic heterocycles. The van der Waals surface area contributed by atoms with Crippen LogP contribution in [0.25, 0.3) is 0 Å². The average molecular weight is 403 g/mol. The molecule has 1 N–H and O–H groups in total. The minimum atomic E-state index is -3.52. The molecule has 20 heavy (non-hydrogen) atoms. The zero-order valence-electron chi connectivity index (χ0n) is 10.8. The lowest BCUT2D eigenvalue weighted by Gasteiger charge is -2.09. The highest BCUT2D eigenvalue weighted by Crippen LogP contribution is 2.23. The smallest absolute Gasteiger partial charge is 0.240 e. The molecule has 2 rings (SSSR count). The van der Waals surface area contributed by atoms with E-state index in [2.05, 4.69) is 4.72 Å². The number of ether oxygens (including phenoxy) is 1. The van der Waals surface area contributed by atoms with Crippen LogP contribution in [-0.2, 0) is 16.6 Å². The highest BCUT2D eigenvalue weighted by molar-refractivity contribution is 14.1. The third kappa shape index (κ3) is 3.71. The van der Waals surface area contributed by atoms with Gasteiger partial charge in [-0.2, -0.15) is 0 Å². The summed E-state index contributed by atoms with van der Waals surface area (Å²) >= 11 is 2.05. The molecule has 0 bridgehead atoms. The van der Waals surface area contributed by atoms with Gasteiger partial charge in [-0.05, 0) is 46.4 Å². The van der Waals surface area contributed by atoms with Gasteiger partial charge >= 0.3 is 0 Å². The number of hydrogen-bond acceptors (Lipinski definition) is 3. The second-order valence-corrected chi connectivity index (χ2v) is 7.04. The molecule has 0 aliphatic rings. The summed E-state index contributed by atoms with van der Waals surface area (Å²) in [4.78, 5) is 0.235. The lowest BCUT2D eigenvalue weighted by Crippen LogP contribution is -2.23. The van der Waals surface area contributed by atoms with Crippen molar-refractivity contribution in [2.45, 2.75) is 11.4 Å². The summed E-state index contributed by atoms with van der Waals surface area (Å²) in [5.74, 6) is 0.660. The maximum atomic E-state index is 12.2. The molecule has 0 fully saturated rings. The standard InChI is InChI=1S/C14H14INO3S/c1-19-14-8-7-12(9-13(14)15)20(17,18)16-10-11-5-3-2-4-6-11/h2-9,16H,10H2,1H3. The normalized spacial score (nSPS) is 11.3. The van der Waals surface area contributed by atoms with Crippen molar-refractivity contribution in [2.75, 3.05) is 7.11 Å². The van der Waals surface area contributed by atoms with Crippen LogP contribution in [0.5, 0.6) is 5.75 Å². The second kappa shape index (κ2) is 6.55. The first-order valence-corrected chi connectivity index (χ1v) is 8.46. The van der Waals surface area contributed by atoms with E-state index in [0.29, 0.717) is 5.75 Å². The van der Waals surface area contributed by atoms with E-state index in [1.165, 1.54) is 6.07 Å². The fourth-order valence-corrected chi connectivity index (χ4v) is 3.66. The number of nitrogens with one attached hydrogen (secondary N) is 1. The Morgan fingerprint density at radius 3 is 2.45 bits per heavy atom. The number of benzene rings is 2. The Morgan fingerprint density at radius 1 is 1.15 bits per heavy atom. The largest absolute Gasteiger partial charge is 0.496 e. The molecule has 6 heteroatoms. The Balaban J connectivity index is 2.16. The third-order valence-electron chi connectivity index (χ3n) is 2.74. The van der Waals surface area contributed by atoms with E-state index in [-0.39, 0.29) is 11.4 Å². The first kappa shape index (κ1) is 15.3. The van der Waals surface area contributed by atoms with Crippen LogP contribution in [0.15, 0.2) is 53.4 Å². The Kier molecular flexibility index (Phi) is 5.00. The van der Waals surface area contributed by atoms with Crippen LogP contribution in [0.1, 0.15) is 5.56 Å². The van der Waals surface area contributed by atoms with Gasteiger partial charge < -0.3 is 4.74 Å². The summed E-state index contributed by atoms with van der Waals surface area (Å²) in [5, 5.41) is 0. The van der Waals surface area contributed by atoms with E-state index in [1.807, 2.05) is 52.9 Å². The molecule has 2 aromatic carbocycles. The van der Waals surface area contributed by atoms with Crippen molar-refractivity contribution in [1.29, 1.82) is 0 Å². The molecule has 0 unspecified atom stereocenters. The number of sulfonamides is 1. The van der Waals surface area contributed by atoms with E-state index in [1.54, 1.807) is 19.2 Å². The maximum absolute atomic E-state index is 12.2. The molecule has 0 amide bonds. The predicted molar refractivity (Wildman–Crippen MR) is 86.2 cm³/mol. The Labute approximate surface area is 132 Å². The average Bonchev–Trinajstić information content (AvgIpc) is 2.46. The van der Waals surface area contributed by atoms with E-state index in [0.717, 1.165) is 9.13 Å². The van der Waals surface area contributed by atoms with Crippen molar-refractivity contribution in [3.05, 3.63) is 57.7 Å². The van der Waals surface area contributed by atoms with Crippen LogP contribution in [0.2, 0.25) is 0 Å². The zero-order chi connectivity index (χ0) is 14.6. The summed E-state index contributed by atoms with van der Waals surface area (Å²) in [5.41, 5.74) is 0.916. The first-order chi connectivity index (χ1) is 9.53. The number of methoxy groups -OCH3 is 1. The molecule has 0 radical (unpaired) electrons. The van der Waals surface area contributed by atoms with Gasteiger partial charge in [-0.1, -0.05) is 30.3 Å². The lowest BCUT2D eigenvalue weighted by molar-refractivity contribution is 0.411. The second-order valence-electron chi connectivity index (χ2n) is 4.11. The molecule has 0 saturated carbocycles. The Bertz CT molecular complexity index is 687. The van der Waals surface area contributed by atoms with Gasteiger partial charge in [-0.25, -0.2) is 13.1 Å². The molecule has 106 valence electrons. The Hall–Kier alpha value is -1.12. The van der Waals surface area contributed by atoms with Crippen molar-refractivity contribution in [3.8, 4) is 5.75 Å². The molecule has 0 aliphatic carbocycles. The fourth-order valence-electron chi connectivity index (χ4n) is 1.67. The van der Waals surface area contributed by atoms with Gasteiger partial charge in [0.15, 0.2) is 0 Å². The minimum Gasteiger partial charge on any atom is -0.496 e. The van der Waals surface area contributed by atoms with Crippen molar-refractivity contribution < 1.29 is 13.2 Å². The molecule has 0 atom stereocenters. The summed E-state index contributed by atoms with van der Waals surface area (Å²) in [6.07, 6.45) is 0. The summed E-state index contributed by atoms with van der Waals surface area (Å²) < 4.78 is 32.9. The highest BCUT2D eigenvalue weighted by atomic mass is 127. The molecular weight excluding hydrogens is 389 g/mol. The minimum absolute atomic E-state index is 0.235. The lowest BCUT2D eigenvalue weighted by atomic mass is 10.2. The molecule has 0 heterocycles. The van der Waals surface area contributed by atoms with Gasteiger partial charge in [0.05, 0.1) is 15.6 Å². The van der Waals surface area contributed by atoms with E-state index >= 15 is 0 Å². The van der Waals surface area contributed by atoms with E-state index in [9.17, 15) is 8.42 Å². The van der Waals surface area contributed by atoms with Crippen LogP contribution in [-0.4, -0.2) is 15.5 Å². The molecule has 0 aromatic heterocycles. The van der Waals surface area contributed by atoms with Crippen molar-refractivity contribution >= 4 is 32.6 Å². The van der Waals surface area contributed by atoms with Crippen molar-refractivity contribution in [2.24, 2.45) is 0 Å². The van der Waals surface area contributed by atoms with Gasteiger partial charge in [-0.15, -0.1) is 0 Å². The number of halogens is 1. The van der Waals surface area contributed by atoms with Crippen LogP contribution < -0.4 is 9.46 Å². The van der Waals surface area contributed by atoms with Crippen molar-refractivity contribution in [3.63, 3.8) is 0 Å². The van der Waals surface area contributed by atoms with Gasteiger partial charge in [-0.3, -0.25) is 0 Å². The van der Waals surface area contributed by atoms with Crippen LogP contribution in [0.3, 0.4) is 0 Å². The molecule has 4 nitrogen and oxygen atoms in total. The van der Waals surface area contributed by atoms with Gasteiger partial charge in [0, 0.05) is 6.54 Å². The van der Waals surface area contributed by atoms with Gasteiger partial charge in [0.25, 0.3) is 0 Å².